The monoisotopic (exact) mass is 240 g/mol. The molecule has 0 radical (unpaired) electrons. The summed E-state index contributed by atoms with van der Waals surface area (Å²) in [5.41, 5.74) is 0.513. The predicted molar refractivity (Wildman–Crippen MR) is 61.4 cm³/mol. The van der Waals surface area contributed by atoms with Crippen LogP contribution in [0.2, 0.25) is 0 Å². The second-order valence-electron chi connectivity index (χ2n) is 3.13. The average molecular weight is 240 g/mol. The normalized spacial score (nSPS) is 11.9. The first-order valence-corrected chi connectivity index (χ1v) is 5.19. The lowest BCUT2D eigenvalue weighted by molar-refractivity contribution is -0.231. The van der Waals surface area contributed by atoms with Crippen LogP contribution in [0.1, 0.15) is 17.3 Å². The lowest BCUT2D eigenvalue weighted by Crippen LogP contribution is -2.22. The Morgan fingerprint density at radius 3 is 2.59 bits per heavy atom. The Kier molecular flexibility index (Phi) is 5.45. The van der Waals surface area contributed by atoms with Crippen LogP contribution in [0, 0.1) is 0 Å². The van der Waals surface area contributed by atoms with Crippen LogP contribution in [0.25, 0.3) is 0 Å². The topological polar surface area (TPSA) is 54.0 Å². The van der Waals surface area contributed by atoms with Crippen LogP contribution in [-0.2, 0) is 9.47 Å². The van der Waals surface area contributed by atoms with Gasteiger partial charge in [0.1, 0.15) is 6.29 Å². The molecular weight excluding hydrogens is 224 g/mol. The van der Waals surface area contributed by atoms with Gasteiger partial charge in [-0.3, -0.25) is 4.79 Å². The molecular formula is C12H16O5. The van der Waals surface area contributed by atoms with Crippen molar-refractivity contribution in [3.63, 3.8) is 0 Å². The van der Waals surface area contributed by atoms with Gasteiger partial charge in [-0.2, -0.15) is 0 Å². The maximum absolute atomic E-state index is 10.6. The average Bonchev–Trinajstić information content (AvgIpc) is 2.38. The van der Waals surface area contributed by atoms with Crippen LogP contribution in [0.3, 0.4) is 0 Å². The number of carbonyl (C=O) groups excluding carboxylic acids is 1. The summed E-state index contributed by atoms with van der Waals surface area (Å²) in [4.78, 5) is 10.6. The zero-order valence-electron chi connectivity index (χ0n) is 10.1. The third-order valence-electron chi connectivity index (χ3n) is 2.04. The lowest BCUT2D eigenvalue weighted by Gasteiger charge is -2.18. The molecule has 0 aliphatic rings. The quantitative estimate of drug-likeness (QED) is 0.537. The van der Waals surface area contributed by atoms with Crippen LogP contribution in [0.4, 0.5) is 0 Å². The van der Waals surface area contributed by atoms with Crippen LogP contribution in [0.5, 0.6) is 11.5 Å². The van der Waals surface area contributed by atoms with Crippen molar-refractivity contribution >= 4 is 6.29 Å². The largest absolute Gasteiger partial charge is 0.493 e. The Bertz CT molecular complexity index is 364. The zero-order valence-corrected chi connectivity index (χ0v) is 10.1. The molecule has 0 heterocycles. The first kappa shape index (κ1) is 13.5. The molecule has 17 heavy (non-hydrogen) atoms. The molecule has 0 saturated heterocycles. The van der Waals surface area contributed by atoms with E-state index in [0.717, 1.165) is 6.29 Å². The fourth-order valence-corrected chi connectivity index (χ4v) is 1.24. The molecule has 0 aliphatic carbocycles. The van der Waals surface area contributed by atoms with Gasteiger partial charge in [-0.15, -0.1) is 0 Å². The number of benzene rings is 1. The molecule has 1 rings (SSSR count). The summed E-state index contributed by atoms with van der Waals surface area (Å²) >= 11 is 0. The van der Waals surface area contributed by atoms with Crippen molar-refractivity contribution < 1.29 is 23.7 Å². The Morgan fingerprint density at radius 2 is 2.06 bits per heavy atom. The second-order valence-corrected chi connectivity index (χ2v) is 3.13. The SMILES string of the molecule is CCOC(OC)Oc1ccc(C=O)cc1OC. The van der Waals surface area contributed by atoms with E-state index in [-0.39, 0.29) is 0 Å². The van der Waals surface area contributed by atoms with Crippen LogP contribution >= 0.6 is 0 Å². The molecule has 5 nitrogen and oxygen atoms in total. The van der Waals surface area contributed by atoms with Crippen molar-refractivity contribution in [2.45, 2.75) is 13.4 Å². The van der Waals surface area contributed by atoms with E-state index in [9.17, 15) is 4.79 Å². The first-order valence-electron chi connectivity index (χ1n) is 5.19. The highest BCUT2D eigenvalue weighted by molar-refractivity contribution is 5.76. The smallest absolute Gasteiger partial charge is 0.315 e. The zero-order chi connectivity index (χ0) is 12.7. The van der Waals surface area contributed by atoms with Gasteiger partial charge in [0, 0.05) is 12.7 Å². The van der Waals surface area contributed by atoms with Crippen LogP contribution < -0.4 is 9.47 Å². The summed E-state index contributed by atoms with van der Waals surface area (Å²) in [5.74, 6) is 0.912. The third-order valence-corrected chi connectivity index (χ3v) is 2.04. The van der Waals surface area contributed by atoms with Crippen molar-refractivity contribution in [1.82, 2.24) is 0 Å². The molecule has 0 saturated carbocycles. The van der Waals surface area contributed by atoms with Crippen LogP contribution in [-0.4, -0.2) is 33.6 Å². The number of ether oxygens (including phenoxy) is 4. The highest BCUT2D eigenvalue weighted by Crippen LogP contribution is 2.28. The number of hydrogen-bond donors (Lipinski definition) is 0. The standard InChI is InChI=1S/C12H16O5/c1-4-16-12(15-3)17-10-6-5-9(8-13)7-11(10)14-2/h5-8,12H,4H2,1-3H3. The van der Waals surface area contributed by atoms with E-state index in [1.165, 1.54) is 14.2 Å². The minimum atomic E-state index is -0.795. The molecule has 0 aliphatic heterocycles. The van der Waals surface area contributed by atoms with E-state index < -0.39 is 6.48 Å². The summed E-state index contributed by atoms with van der Waals surface area (Å²) in [6.45, 7) is 1.51. The van der Waals surface area contributed by atoms with Crippen molar-refractivity contribution in [2.75, 3.05) is 20.8 Å². The molecule has 0 N–H and O–H groups in total. The number of hydrogen-bond acceptors (Lipinski definition) is 5. The molecule has 1 unspecified atom stereocenters. The molecule has 1 aromatic carbocycles. The van der Waals surface area contributed by atoms with Crippen LogP contribution in [0.15, 0.2) is 18.2 Å². The molecule has 0 amide bonds. The van der Waals surface area contributed by atoms with Crippen molar-refractivity contribution in [1.29, 1.82) is 0 Å². The molecule has 0 spiro atoms. The molecule has 1 aromatic rings. The third kappa shape index (κ3) is 3.72. The van der Waals surface area contributed by atoms with Crippen molar-refractivity contribution in [3.05, 3.63) is 23.8 Å². The maximum Gasteiger partial charge on any atom is 0.315 e. The van der Waals surface area contributed by atoms with E-state index in [0.29, 0.717) is 23.7 Å². The molecule has 94 valence electrons. The number of rotatable bonds is 7. The predicted octanol–water partition coefficient (Wildman–Crippen LogP) is 1.85. The summed E-state index contributed by atoms with van der Waals surface area (Å²) in [7, 11) is 2.98. The number of carbonyl (C=O) groups is 1. The van der Waals surface area contributed by atoms with Gasteiger partial charge in [-0.1, -0.05) is 0 Å². The van der Waals surface area contributed by atoms with Gasteiger partial charge < -0.3 is 18.9 Å². The number of methoxy groups -OCH3 is 2. The maximum atomic E-state index is 10.6. The summed E-state index contributed by atoms with van der Waals surface area (Å²) < 4.78 is 20.7. The highest BCUT2D eigenvalue weighted by atomic mass is 16.8. The molecule has 5 heteroatoms. The van der Waals surface area contributed by atoms with Crippen molar-refractivity contribution in [2.24, 2.45) is 0 Å². The highest BCUT2D eigenvalue weighted by Gasteiger charge is 2.12. The minimum absolute atomic E-state index is 0.455. The number of aldehydes is 1. The van der Waals surface area contributed by atoms with E-state index in [1.807, 2.05) is 6.92 Å². The fourth-order valence-electron chi connectivity index (χ4n) is 1.24. The van der Waals surface area contributed by atoms with E-state index in [4.69, 9.17) is 18.9 Å². The van der Waals surface area contributed by atoms with E-state index in [1.54, 1.807) is 18.2 Å². The van der Waals surface area contributed by atoms with Gasteiger partial charge in [0.05, 0.1) is 13.7 Å². The van der Waals surface area contributed by atoms with Gasteiger partial charge in [0.2, 0.25) is 0 Å². The van der Waals surface area contributed by atoms with Crippen molar-refractivity contribution in [3.8, 4) is 11.5 Å². The van der Waals surface area contributed by atoms with Gasteiger partial charge in [0.25, 0.3) is 0 Å². The molecule has 1 atom stereocenters. The summed E-state index contributed by atoms with van der Waals surface area (Å²) in [6.07, 6.45) is 0.739. The Morgan fingerprint density at radius 1 is 1.29 bits per heavy atom. The molecule has 0 fully saturated rings. The second kappa shape index (κ2) is 6.88. The van der Waals surface area contributed by atoms with Gasteiger partial charge in [-0.25, -0.2) is 0 Å². The van der Waals surface area contributed by atoms with Gasteiger partial charge in [-0.05, 0) is 25.1 Å². The molecule has 0 bridgehead atoms. The Balaban J connectivity index is 2.85. The van der Waals surface area contributed by atoms with E-state index >= 15 is 0 Å². The summed E-state index contributed by atoms with van der Waals surface area (Å²) in [5, 5.41) is 0. The summed E-state index contributed by atoms with van der Waals surface area (Å²) in [6, 6.07) is 4.85. The van der Waals surface area contributed by atoms with Gasteiger partial charge >= 0.3 is 6.48 Å². The fraction of sp³-hybridized carbons (Fsp3) is 0.417. The molecule has 0 aromatic heterocycles. The minimum Gasteiger partial charge on any atom is -0.493 e. The van der Waals surface area contributed by atoms with E-state index in [2.05, 4.69) is 0 Å². The van der Waals surface area contributed by atoms with Gasteiger partial charge in [0.15, 0.2) is 11.5 Å². The lowest BCUT2D eigenvalue weighted by atomic mass is 10.2. The Hall–Kier alpha value is -1.59. The Labute approximate surface area is 100 Å². The first-order chi connectivity index (χ1) is 8.24.